The van der Waals surface area contributed by atoms with E-state index in [0.29, 0.717) is 22.6 Å². The highest BCUT2D eigenvalue weighted by Gasteiger charge is 2.29. The van der Waals surface area contributed by atoms with Crippen molar-refractivity contribution in [1.29, 1.82) is 0 Å². The molecule has 0 aliphatic carbocycles. The fraction of sp³-hybridized carbons (Fsp3) is 0.250. The zero-order valence-electron chi connectivity index (χ0n) is 12.6. The molecule has 1 aromatic heterocycles. The lowest BCUT2D eigenvalue weighted by Gasteiger charge is -2.26. The zero-order chi connectivity index (χ0) is 16.4. The van der Waals surface area contributed by atoms with Gasteiger partial charge >= 0.3 is 0 Å². The van der Waals surface area contributed by atoms with Gasteiger partial charge in [0.15, 0.2) is 0 Å². The van der Waals surface area contributed by atoms with Gasteiger partial charge < -0.3 is 15.1 Å². The quantitative estimate of drug-likeness (QED) is 0.905. The third kappa shape index (κ3) is 3.22. The number of nitrogens with zero attached hydrogens (tertiary/aromatic N) is 1. The number of furan rings is 1. The molecule has 0 aliphatic rings. The molecule has 6 heteroatoms. The van der Waals surface area contributed by atoms with Crippen LogP contribution < -0.4 is 5.73 Å². The number of hydrogen-bond acceptors (Lipinski definition) is 3. The maximum Gasteiger partial charge on any atom is 0.258 e. The Hall–Kier alpha value is -2.08. The highest BCUT2D eigenvalue weighted by atomic mass is 79.9. The van der Waals surface area contributed by atoms with Gasteiger partial charge in [0.05, 0.1) is 5.56 Å². The van der Waals surface area contributed by atoms with Gasteiger partial charge in [0.2, 0.25) is 5.91 Å². The molecule has 0 bridgehead atoms. The highest BCUT2D eigenvalue weighted by molar-refractivity contribution is 9.10. The summed E-state index contributed by atoms with van der Waals surface area (Å²) in [7, 11) is 1.56. The fourth-order valence-electron chi connectivity index (χ4n) is 2.41. The van der Waals surface area contributed by atoms with Crippen LogP contribution in [0.15, 0.2) is 39.2 Å². The second-order valence-corrected chi connectivity index (χ2v) is 6.02. The summed E-state index contributed by atoms with van der Waals surface area (Å²) >= 11 is 3.36. The Kier molecular flexibility index (Phi) is 4.71. The maximum absolute atomic E-state index is 12.6. The van der Waals surface area contributed by atoms with Crippen molar-refractivity contribution in [3.05, 3.63) is 57.5 Å². The summed E-state index contributed by atoms with van der Waals surface area (Å²) in [4.78, 5) is 25.8. The molecule has 2 amide bonds. The van der Waals surface area contributed by atoms with Crippen molar-refractivity contribution in [3.8, 4) is 0 Å². The molecule has 0 saturated carbocycles. The number of carbonyl (C=O) groups is 2. The van der Waals surface area contributed by atoms with Crippen molar-refractivity contribution in [1.82, 2.24) is 4.90 Å². The summed E-state index contributed by atoms with van der Waals surface area (Å²) in [5, 5.41) is 0. The molecule has 22 heavy (non-hydrogen) atoms. The van der Waals surface area contributed by atoms with E-state index in [4.69, 9.17) is 10.2 Å². The summed E-state index contributed by atoms with van der Waals surface area (Å²) in [6.07, 6.45) is 0. The van der Waals surface area contributed by atoms with Gasteiger partial charge in [-0.05, 0) is 37.6 Å². The van der Waals surface area contributed by atoms with E-state index in [0.717, 1.165) is 4.47 Å². The molecule has 1 heterocycles. The summed E-state index contributed by atoms with van der Waals surface area (Å²) in [6, 6.07) is 7.98. The molecule has 2 rings (SSSR count). The number of primary amides is 1. The second-order valence-electron chi connectivity index (χ2n) is 5.10. The standard InChI is InChI=1S/C16H17BrN2O3/c1-9-7-13(10(2)22-9)16(21)19(3)14(15(18)20)11-5-4-6-12(17)8-11/h4-8,14H,1-3H3,(H2,18,20)/t14-/m0/s1. The molecule has 5 nitrogen and oxygen atoms in total. The Morgan fingerprint density at radius 1 is 1.27 bits per heavy atom. The van der Waals surface area contributed by atoms with E-state index >= 15 is 0 Å². The lowest BCUT2D eigenvalue weighted by atomic mass is 10.0. The van der Waals surface area contributed by atoms with Crippen molar-refractivity contribution in [3.63, 3.8) is 0 Å². The molecular weight excluding hydrogens is 348 g/mol. The maximum atomic E-state index is 12.6. The zero-order valence-corrected chi connectivity index (χ0v) is 14.2. The van der Waals surface area contributed by atoms with E-state index < -0.39 is 11.9 Å². The Bertz CT molecular complexity index is 724. The molecule has 0 saturated heterocycles. The first-order valence-electron chi connectivity index (χ1n) is 6.70. The van der Waals surface area contributed by atoms with E-state index in [1.54, 1.807) is 45.2 Å². The van der Waals surface area contributed by atoms with Gasteiger partial charge in [-0.25, -0.2) is 0 Å². The lowest BCUT2D eigenvalue weighted by Crippen LogP contribution is -2.39. The van der Waals surface area contributed by atoms with Crippen molar-refractivity contribution in [2.75, 3.05) is 7.05 Å². The first kappa shape index (κ1) is 16.3. The number of carbonyl (C=O) groups excluding carboxylic acids is 2. The lowest BCUT2D eigenvalue weighted by molar-refractivity contribution is -0.122. The number of nitrogens with two attached hydrogens (primary N) is 1. The topological polar surface area (TPSA) is 76.5 Å². The SMILES string of the molecule is Cc1cc(C(=O)N(C)[C@H](C(N)=O)c2cccc(Br)c2)c(C)o1. The molecule has 1 atom stereocenters. The summed E-state index contributed by atoms with van der Waals surface area (Å²) in [5.74, 6) is 0.268. The Balaban J connectivity index is 2.38. The van der Waals surface area contributed by atoms with Crippen molar-refractivity contribution in [2.24, 2.45) is 5.73 Å². The Morgan fingerprint density at radius 3 is 2.45 bits per heavy atom. The smallest absolute Gasteiger partial charge is 0.258 e. The van der Waals surface area contributed by atoms with Gasteiger partial charge in [0.25, 0.3) is 5.91 Å². The van der Waals surface area contributed by atoms with Crippen molar-refractivity contribution < 1.29 is 14.0 Å². The van der Waals surface area contributed by atoms with Gasteiger partial charge in [-0.1, -0.05) is 28.1 Å². The molecule has 0 aliphatic heterocycles. The first-order valence-corrected chi connectivity index (χ1v) is 7.49. The van der Waals surface area contributed by atoms with E-state index in [9.17, 15) is 9.59 Å². The minimum Gasteiger partial charge on any atom is -0.466 e. The van der Waals surface area contributed by atoms with Gasteiger partial charge in [0, 0.05) is 11.5 Å². The Labute approximate surface area is 137 Å². The van der Waals surface area contributed by atoms with E-state index in [1.165, 1.54) is 4.90 Å². The van der Waals surface area contributed by atoms with E-state index in [2.05, 4.69) is 15.9 Å². The van der Waals surface area contributed by atoms with Crippen LogP contribution in [0.3, 0.4) is 0 Å². The van der Waals surface area contributed by atoms with Crippen LogP contribution >= 0.6 is 15.9 Å². The van der Waals surface area contributed by atoms with E-state index in [1.807, 2.05) is 6.07 Å². The van der Waals surface area contributed by atoms with Gasteiger partial charge in [-0.15, -0.1) is 0 Å². The fourth-order valence-corrected chi connectivity index (χ4v) is 2.82. The molecular formula is C16H17BrN2O3. The third-order valence-electron chi connectivity index (χ3n) is 3.41. The summed E-state index contributed by atoms with van der Waals surface area (Å²) < 4.78 is 6.19. The third-order valence-corrected chi connectivity index (χ3v) is 3.91. The minimum atomic E-state index is -0.848. The highest BCUT2D eigenvalue weighted by Crippen LogP contribution is 2.25. The molecule has 116 valence electrons. The number of aryl methyl sites for hydroxylation is 2. The monoisotopic (exact) mass is 364 g/mol. The summed E-state index contributed by atoms with van der Waals surface area (Å²) in [6.45, 7) is 3.48. The number of rotatable bonds is 4. The minimum absolute atomic E-state index is 0.307. The van der Waals surface area contributed by atoms with Gasteiger partial charge in [-0.2, -0.15) is 0 Å². The second kappa shape index (κ2) is 6.36. The van der Waals surface area contributed by atoms with Gasteiger partial charge in [0.1, 0.15) is 17.6 Å². The van der Waals surface area contributed by atoms with Crippen LogP contribution in [0.5, 0.6) is 0 Å². The molecule has 2 aromatic rings. The molecule has 0 unspecified atom stereocenters. The molecule has 0 radical (unpaired) electrons. The van der Waals surface area contributed by atoms with Crippen LogP contribution in [-0.2, 0) is 4.79 Å². The van der Waals surface area contributed by atoms with E-state index in [-0.39, 0.29) is 5.91 Å². The predicted molar refractivity (Wildman–Crippen MR) is 86.4 cm³/mol. The largest absolute Gasteiger partial charge is 0.466 e. The van der Waals surface area contributed by atoms with Crippen LogP contribution in [0.4, 0.5) is 0 Å². The average molecular weight is 365 g/mol. The number of amides is 2. The molecule has 1 aromatic carbocycles. The molecule has 0 spiro atoms. The predicted octanol–water partition coefficient (Wildman–Crippen LogP) is 2.96. The van der Waals surface area contributed by atoms with Crippen molar-refractivity contribution in [2.45, 2.75) is 19.9 Å². The number of likely N-dealkylation sites (N-methyl/N-ethyl adjacent to an activating group) is 1. The molecule has 0 fully saturated rings. The van der Waals surface area contributed by atoms with Gasteiger partial charge in [-0.3, -0.25) is 9.59 Å². The molecule has 2 N–H and O–H groups in total. The normalized spacial score (nSPS) is 12.0. The van der Waals surface area contributed by atoms with Crippen LogP contribution in [-0.4, -0.2) is 23.8 Å². The van der Waals surface area contributed by atoms with Crippen LogP contribution in [0.25, 0.3) is 0 Å². The number of benzene rings is 1. The summed E-state index contributed by atoms with van der Waals surface area (Å²) in [5.41, 5.74) is 6.59. The number of halogens is 1. The van der Waals surface area contributed by atoms with Crippen LogP contribution in [0.2, 0.25) is 0 Å². The van der Waals surface area contributed by atoms with Crippen LogP contribution in [0.1, 0.15) is 33.5 Å². The number of hydrogen-bond donors (Lipinski definition) is 1. The van der Waals surface area contributed by atoms with Crippen LogP contribution in [0, 0.1) is 13.8 Å². The Morgan fingerprint density at radius 2 is 1.95 bits per heavy atom. The van der Waals surface area contributed by atoms with Crippen molar-refractivity contribution >= 4 is 27.7 Å². The first-order chi connectivity index (χ1) is 10.3. The average Bonchev–Trinajstić information content (AvgIpc) is 2.76.